The Morgan fingerprint density at radius 1 is 0.600 bits per heavy atom. The third kappa shape index (κ3) is 1.32. The van der Waals surface area contributed by atoms with Gasteiger partial charge < -0.3 is 0 Å². The van der Waals surface area contributed by atoms with E-state index in [1.165, 1.54) is 25.7 Å². The van der Waals surface area contributed by atoms with Gasteiger partial charge >= 0.3 is 0 Å². The zero-order chi connectivity index (χ0) is 13.1. The summed E-state index contributed by atoms with van der Waals surface area (Å²) in [5.41, 5.74) is 6.58. The van der Waals surface area contributed by atoms with E-state index in [-0.39, 0.29) is 0 Å². The molecule has 0 spiro atoms. The Labute approximate surface area is 120 Å². The van der Waals surface area contributed by atoms with E-state index in [1.54, 1.807) is 22.3 Å². The number of aryl methyl sites for hydroxylation is 2. The number of fused-ring (bicyclic) bond motifs is 8. The van der Waals surface area contributed by atoms with Crippen LogP contribution in [0.3, 0.4) is 0 Å². The maximum atomic E-state index is 2.40. The molecule has 0 unspecified atom stereocenters. The van der Waals surface area contributed by atoms with Crippen LogP contribution in [-0.2, 0) is 12.8 Å². The number of hydrogen-bond acceptors (Lipinski definition) is 0. The van der Waals surface area contributed by atoms with Crippen LogP contribution in [0.1, 0.15) is 46.9 Å². The third-order valence-corrected chi connectivity index (χ3v) is 6.18. The Bertz CT molecular complexity index is 610. The Morgan fingerprint density at radius 3 is 1.55 bits per heavy atom. The molecule has 20 heavy (non-hydrogen) atoms. The SMILES string of the molecule is c1ccc2c(c1)CC[C@H]1[C@@H]3CCc4ccccc4[C@@H]3[C@@H]21. The summed E-state index contributed by atoms with van der Waals surface area (Å²) in [4.78, 5) is 0. The highest BCUT2D eigenvalue weighted by molar-refractivity contribution is 5.45. The predicted molar refractivity (Wildman–Crippen MR) is 82.0 cm³/mol. The van der Waals surface area contributed by atoms with Gasteiger partial charge in [0.25, 0.3) is 0 Å². The maximum absolute atomic E-state index is 2.40. The summed E-state index contributed by atoms with van der Waals surface area (Å²) in [5, 5.41) is 0. The lowest BCUT2D eigenvalue weighted by molar-refractivity contribution is 0.0558. The van der Waals surface area contributed by atoms with E-state index in [1.807, 2.05) is 0 Å². The van der Waals surface area contributed by atoms with E-state index in [4.69, 9.17) is 0 Å². The van der Waals surface area contributed by atoms with Crippen molar-refractivity contribution in [3.63, 3.8) is 0 Å². The first kappa shape index (κ1) is 11.1. The molecular weight excluding hydrogens is 240 g/mol. The molecule has 2 aromatic carbocycles. The molecule has 0 radical (unpaired) electrons. The van der Waals surface area contributed by atoms with Crippen LogP contribution in [0.15, 0.2) is 48.5 Å². The lowest BCUT2D eigenvalue weighted by Crippen LogP contribution is -2.48. The molecule has 0 heterocycles. The third-order valence-electron chi connectivity index (χ3n) is 6.18. The minimum Gasteiger partial charge on any atom is -0.0620 e. The molecule has 0 saturated heterocycles. The van der Waals surface area contributed by atoms with Crippen LogP contribution in [0.5, 0.6) is 0 Å². The minimum absolute atomic E-state index is 0.811. The second-order valence-electron chi connectivity index (χ2n) is 6.85. The molecule has 4 atom stereocenters. The fourth-order valence-corrected chi connectivity index (χ4v) is 5.37. The Hall–Kier alpha value is -1.56. The van der Waals surface area contributed by atoms with Crippen molar-refractivity contribution < 1.29 is 0 Å². The molecule has 100 valence electrons. The van der Waals surface area contributed by atoms with Gasteiger partial charge in [-0.05, 0) is 71.6 Å². The van der Waals surface area contributed by atoms with Crippen molar-refractivity contribution in [1.29, 1.82) is 0 Å². The molecule has 1 fully saturated rings. The van der Waals surface area contributed by atoms with Gasteiger partial charge in [0, 0.05) is 0 Å². The highest BCUT2D eigenvalue weighted by Crippen LogP contribution is 2.64. The van der Waals surface area contributed by atoms with Crippen molar-refractivity contribution in [2.24, 2.45) is 11.8 Å². The summed E-state index contributed by atoms with van der Waals surface area (Å²) >= 11 is 0. The van der Waals surface area contributed by atoms with E-state index >= 15 is 0 Å². The van der Waals surface area contributed by atoms with Gasteiger partial charge in [0.1, 0.15) is 0 Å². The lowest BCUT2D eigenvalue weighted by atomic mass is 9.46. The van der Waals surface area contributed by atoms with E-state index in [0.29, 0.717) is 0 Å². The van der Waals surface area contributed by atoms with Crippen molar-refractivity contribution in [1.82, 2.24) is 0 Å². The Morgan fingerprint density at radius 2 is 1.05 bits per heavy atom. The lowest BCUT2D eigenvalue weighted by Gasteiger charge is -2.58. The molecule has 0 nitrogen and oxygen atoms in total. The molecule has 0 bridgehead atoms. The van der Waals surface area contributed by atoms with Crippen molar-refractivity contribution in [3.05, 3.63) is 70.8 Å². The first-order chi connectivity index (χ1) is 9.93. The molecule has 2 aromatic rings. The number of hydrogen-bond donors (Lipinski definition) is 0. The highest BCUT2D eigenvalue weighted by atomic mass is 14.6. The molecule has 0 aromatic heterocycles. The van der Waals surface area contributed by atoms with Crippen molar-refractivity contribution in [2.45, 2.75) is 37.5 Å². The van der Waals surface area contributed by atoms with E-state index < -0.39 is 0 Å². The zero-order valence-electron chi connectivity index (χ0n) is 11.8. The van der Waals surface area contributed by atoms with Crippen LogP contribution < -0.4 is 0 Å². The van der Waals surface area contributed by atoms with Gasteiger partial charge in [-0.25, -0.2) is 0 Å². The fraction of sp³-hybridized carbons (Fsp3) is 0.400. The van der Waals surface area contributed by atoms with Crippen LogP contribution in [-0.4, -0.2) is 0 Å². The van der Waals surface area contributed by atoms with Crippen LogP contribution in [0.4, 0.5) is 0 Å². The summed E-state index contributed by atoms with van der Waals surface area (Å²) in [6.07, 6.45) is 5.46. The smallest absolute Gasteiger partial charge is 0.00562 e. The number of benzene rings is 2. The molecule has 0 aliphatic heterocycles. The molecule has 0 heteroatoms. The summed E-state index contributed by atoms with van der Waals surface area (Å²) in [5.74, 6) is 3.55. The fourth-order valence-electron chi connectivity index (χ4n) is 5.37. The molecule has 3 aliphatic carbocycles. The van der Waals surface area contributed by atoms with Gasteiger partial charge in [0.05, 0.1) is 0 Å². The van der Waals surface area contributed by atoms with Gasteiger partial charge in [0.15, 0.2) is 0 Å². The molecule has 5 rings (SSSR count). The van der Waals surface area contributed by atoms with Crippen molar-refractivity contribution in [3.8, 4) is 0 Å². The van der Waals surface area contributed by atoms with E-state index in [9.17, 15) is 0 Å². The Kier molecular flexibility index (Phi) is 2.21. The zero-order valence-corrected chi connectivity index (χ0v) is 11.8. The first-order valence-electron chi connectivity index (χ1n) is 8.09. The summed E-state index contributed by atoms with van der Waals surface area (Å²) in [6, 6.07) is 18.4. The minimum atomic E-state index is 0.811. The molecule has 0 N–H and O–H groups in total. The topological polar surface area (TPSA) is 0 Å². The summed E-state index contributed by atoms with van der Waals surface area (Å²) in [7, 11) is 0. The standard InChI is InChI=1S/C20H20/c1-3-7-15-13(5-1)9-11-17-18-12-10-14-6-2-4-8-16(14)20(18)19(15)17/h1-8,17-20H,9-12H2/t17-,18-,19-,20-/m0/s1. The highest BCUT2D eigenvalue weighted by Gasteiger charge is 2.54. The first-order valence-corrected chi connectivity index (χ1v) is 8.09. The Balaban J connectivity index is 1.64. The largest absolute Gasteiger partial charge is 0.0620 e. The van der Waals surface area contributed by atoms with Crippen molar-refractivity contribution >= 4 is 0 Å². The van der Waals surface area contributed by atoms with Crippen LogP contribution >= 0.6 is 0 Å². The van der Waals surface area contributed by atoms with E-state index in [2.05, 4.69) is 48.5 Å². The number of rotatable bonds is 0. The van der Waals surface area contributed by atoms with Gasteiger partial charge in [-0.2, -0.15) is 0 Å². The van der Waals surface area contributed by atoms with Crippen LogP contribution in [0, 0.1) is 11.8 Å². The monoisotopic (exact) mass is 260 g/mol. The molecule has 0 amide bonds. The summed E-state index contributed by atoms with van der Waals surface area (Å²) in [6.45, 7) is 0. The normalized spacial score (nSPS) is 33.2. The second-order valence-corrected chi connectivity index (χ2v) is 6.85. The van der Waals surface area contributed by atoms with Crippen LogP contribution in [0.25, 0.3) is 0 Å². The molecule has 1 saturated carbocycles. The van der Waals surface area contributed by atoms with Gasteiger partial charge in [-0.1, -0.05) is 48.5 Å². The van der Waals surface area contributed by atoms with Gasteiger partial charge in [-0.3, -0.25) is 0 Å². The average Bonchev–Trinajstić information content (AvgIpc) is 2.49. The molecule has 3 aliphatic rings. The second kappa shape index (κ2) is 3.97. The van der Waals surface area contributed by atoms with Crippen LogP contribution in [0.2, 0.25) is 0 Å². The van der Waals surface area contributed by atoms with Gasteiger partial charge in [-0.15, -0.1) is 0 Å². The van der Waals surface area contributed by atoms with Gasteiger partial charge in [0.2, 0.25) is 0 Å². The van der Waals surface area contributed by atoms with Crippen molar-refractivity contribution in [2.75, 3.05) is 0 Å². The predicted octanol–water partition coefficient (Wildman–Crippen LogP) is 4.69. The summed E-state index contributed by atoms with van der Waals surface area (Å²) < 4.78 is 0. The maximum Gasteiger partial charge on any atom is -0.00562 e. The quantitative estimate of drug-likeness (QED) is 0.644. The average molecular weight is 260 g/mol. The molecular formula is C20H20. The van der Waals surface area contributed by atoms with E-state index in [0.717, 1.165) is 23.7 Å².